The number of rotatable bonds is 7. The average Bonchev–Trinajstić information content (AvgIpc) is 3.19. The third-order valence-corrected chi connectivity index (χ3v) is 6.90. The first-order valence-electron chi connectivity index (χ1n) is 10.7. The highest BCUT2D eigenvalue weighted by Crippen LogP contribution is 2.38. The summed E-state index contributed by atoms with van der Waals surface area (Å²) in [5, 5.41) is 6.59. The molecule has 0 aliphatic carbocycles. The molecule has 3 aromatic carbocycles. The summed E-state index contributed by atoms with van der Waals surface area (Å²) in [5.41, 5.74) is 2.96. The van der Waals surface area contributed by atoms with E-state index in [1.165, 1.54) is 18.9 Å². The maximum Gasteiger partial charge on any atom is 0.264 e. The Morgan fingerprint density at radius 2 is 1.97 bits per heavy atom. The molecule has 1 aliphatic rings. The van der Waals surface area contributed by atoms with Crippen LogP contribution in [-0.4, -0.2) is 30.7 Å². The fourth-order valence-corrected chi connectivity index (χ4v) is 4.82. The molecular weight excluding hydrogens is 566 g/mol. The number of halogens is 2. The second kappa shape index (κ2) is 11.6. The van der Waals surface area contributed by atoms with Crippen LogP contribution < -0.4 is 20.1 Å². The van der Waals surface area contributed by atoms with Crippen molar-refractivity contribution in [3.05, 3.63) is 86.2 Å². The Kier molecular flexibility index (Phi) is 8.35. The van der Waals surface area contributed by atoms with Gasteiger partial charge in [-0.25, -0.2) is 4.99 Å². The van der Waals surface area contributed by atoms with E-state index in [-0.39, 0.29) is 18.4 Å². The number of amidine groups is 1. The van der Waals surface area contributed by atoms with Gasteiger partial charge in [-0.05, 0) is 88.2 Å². The number of methoxy groups -OCH3 is 1. The number of carbonyl (C=O) groups excluding carboxylic acids is 2. The Bertz CT molecular complexity index is 1380. The molecule has 0 saturated carbocycles. The molecule has 0 spiro atoms. The quantitative estimate of drug-likeness (QED) is 0.316. The van der Waals surface area contributed by atoms with Crippen LogP contribution >= 0.6 is 39.3 Å². The number of hydrogen-bond donors (Lipinski definition) is 2. The highest BCUT2D eigenvalue weighted by Gasteiger charge is 2.24. The van der Waals surface area contributed by atoms with E-state index in [9.17, 15) is 9.59 Å². The van der Waals surface area contributed by atoms with Gasteiger partial charge in [0.1, 0.15) is 0 Å². The Morgan fingerprint density at radius 3 is 2.69 bits per heavy atom. The van der Waals surface area contributed by atoms with E-state index < -0.39 is 0 Å². The lowest BCUT2D eigenvalue weighted by atomic mass is 10.2. The minimum Gasteiger partial charge on any atom is -0.493 e. The van der Waals surface area contributed by atoms with Crippen LogP contribution in [0.3, 0.4) is 0 Å². The van der Waals surface area contributed by atoms with Crippen LogP contribution in [0.25, 0.3) is 6.08 Å². The molecule has 184 valence electrons. The van der Waals surface area contributed by atoms with E-state index in [2.05, 4.69) is 31.6 Å². The summed E-state index contributed by atoms with van der Waals surface area (Å²) in [6, 6.07) is 18.2. The van der Waals surface area contributed by atoms with Crippen LogP contribution in [0.5, 0.6) is 11.5 Å². The van der Waals surface area contributed by atoms with Gasteiger partial charge in [-0.2, -0.15) is 0 Å². The van der Waals surface area contributed by atoms with Crippen molar-refractivity contribution in [2.24, 2.45) is 4.99 Å². The highest BCUT2D eigenvalue weighted by atomic mass is 79.9. The molecule has 36 heavy (non-hydrogen) atoms. The second-order valence-corrected chi connectivity index (χ2v) is 9.94. The molecule has 7 nitrogen and oxygen atoms in total. The number of carbonyl (C=O) groups is 2. The molecule has 1 saturated heterocycles. The lowest BCUT2D eigenvalue weighted by Crippen LogP contribution is -2.20. The molecule has 1 aliphatic heterocycles. The van der Waals surface area contributed by atoms with E-state index in [1.807, 2.05) is 43.3 Å². The van der Waals surface area contributed by atoms with Crippen LogP contribution in [0.15, 0.2) is 75.0 Å². The number of amides is 2. The summed E-state index contributed by atoms with van der Waals surface area (Å²) in [5.74, 6) is 0.188. The maximum atomic E-state index is 12.5. The van der Waals surface area contributed by atoms with E-state index in [0.29, 0.717) is 42.3 Å². The van der Waals surface area contributed by atoms with Gasteiger partial charge >= 0.3 is 0 Å². The molecule has 10 heteroatoms. The first-order chi connectivity index (χ1) is 17.3. The normalized spacial score (nSPS) is 15.2. The summed E-state index contributed by atoms with van der Waals surface area (Å²) < 4.78 is 11.8. The number of anilines is 1. The minimum atomic E-state index is -0.348. The molecule has 0 atom stereocenters. The van der Waals surface area contributed by atoms with Crippen LogP contribution in [-0.2, 0) is 9.59 Å². The van der Waals surface area contributed by atoms with Gasteiger partial charge in [0.05, 0.1) is 22.2 Å². The molecule has 0 aromatic heterocycles. The number of benzene rings is 3. The molecule has 0 radical (unpaired) electrons. The Balaban J connectivity index is 1.46. The van der Waals surface area contributed by atoms with Crippen LogP contribution in [0.2, 0.25) is 5.02 Å². The fourth-order valence-electron chi connectivity index (χ4n) is 3.22. The molecule has 2 amide bonds. The summed E-state index contributed by atoms with van der Waals surface area (Å²) in [4.78, 5) is 29.8. The molecule has 3 aromatic rings. The largest absolute Gasteiger partial charge is 0.493 e. The average molecular weight is 587 g/mol. The van der Waals surface area contributed by atoms with Gasteiger partial charge < -0.3 is 20.1 Å². The number of ether oxygens (including phenoxy) is 2. The minimum absolute atomic E-state index is 0.238. The predicted octanol–water partition coefficient (Wildman–Crippen LogP) is 6.33. The van der Waals surface area contributed by atoms with Gasteiger partial charge in [-0.3, -0.25) is 9.59 Å². The van der Waals surface area contributed by atoms with E-state index >= 15 is 0 Å². The fraction of sp³-hybridized carbons (Fsp3) is 0.115. The first-order valence-corrected chi connectivity index (χ1v) is 12.7. The third-order valence-electron chi connectivity index (χ3n) is 4.99. The van der Waals surface area contributed by atoms with Gasteiger partial charge in [-0.1, -0.05) is 35.9 Å². The van der Waals surface area contributed by atoms with Crippen molar-refractivity contribution >= 4 is 73.7 Å². The summed E-state index contributed by atoms with van der Waals surface area (Å²) in [6.07, 6.45) is 1.73. The number of nitrogens with zero attached hydrogens (tertiary/aromatic N) is 1. The number of nitrogens with one attached hydrogen (secondary N) is 2. The van der Waals surface area contributed by atoms with Crippen molar-refractivity contribution in [1.29, 1.82) is 0 Å². The van der Waals surface area contributed by atoms with E-state index in [1.54, 1.807) is 30.3 Å². The summed E-state index contributed by atoms with van der Waals surface area (Å²) in [7, 11) is 1.50. The topological polar surface area (TPSA) is 89.0 Å². The molecule has 0 unspecified atom stereocenters. The third kappa shape index (κ3) is 6.48. The van der Waals surface area contributed by atoms with Crippen molar-refractivity contribution in [1.82, 2.24) is 5.32 Å². The zero-order chi connectivity index (χ0) is 25.7. The van der Waals surface area contributed by atoms with Gasteiger partial charge in [0.15, 0.2) is 23.3 Å². The van der Waals surface area contributed by atoms with Crippen molar-refractivity contribution in [3.8, 4) is 11.5 Å². The summed E-state index contributed by atoms with van der Waals surface area (Å²) >= 11 is 10.8. The maximum absolute atomic E-state index is 12.5. The smallest absolute Gasteiger partial charge is 0.264 e. The zero-order valence-corrected chi connectivity index (χ0v) is 22.5. The molecule has 2 N–H and O–H groups in total. The van der Waals surface area contributed by atoms with Gasteiger partial charge in [0.2, 0.25) is 0 Å². The Morgan fingerprint density at radius 1 is 1.19 bits per heavy atom. The Hall–Kier alpha value is -3.27. The monoisotopic (exact) mass is 585 g/mol. The van der Waals surface area contributed by atoms with Gasteiger partial charge in [-0.15, -0.1) is 0 Å². The first kappa shape index (κ1) is 25.8. The number of aryl methyl sites for hydroxylation is 1. The molecular formula is C26H21BrClN3O4S. The predicted molar refractivity (Wildman–Crippen MR) is 148 cm³/mol. The van der Waals surface area contributed by atoms with Crippen LogP contribution in [0.4, 0.5) is 11.4 Å². The lowest BCUT2D eigenvalue weighted by Gasteiger charge is -2.14. The number of aliphatic imine (C=N–C) groups is 1. The summed E-state index contributed by atoms with van der Waals surface area (Å²) in [6.45, 7) is 1.65. The van der Waals surface area contributed by atoms with Crippen molar-refractivity contribution in [3.63, 3.8) is 0 Å². The Labute approximate surface area is 226 Å². The standard InChI is InChI=1S/C26H21BrClN3O4S/c1-15-8-9-18(13-20(15)28)29-23(32)14-35-24-19(27)10-16(11-21(24)34-2)12-22-25(33)31-26(36-22)30-17-6-4-3-5-7-17/h3-13H,14H2,1-2H3,(H,29,32)(H,30,31,33)/b22-12-. The zero-order valence-electron chi connectivity index (χ0n) is 19.3. The SMILES string of the molecule is COc1cc(/C=C2\SC(=Nc3ccccc3)NC2=O)cc(Br)c1OCC(=O)Nc1ccc(C)c(Cl)c1. The van der Waals surface area contributed by atoms with Crippen LogP contribution in [0.1, 0.15) is 11.1 Å². The number of thioether (sulfide) groups is 1. The molecule has 4 rings (SSSR count). The molecule has 1 fully saturated rings. The number of hydrogen-bond acceptors (Lipinski definition) is 6. The molecule has 0 bridgehead atoms. The van der Waals surface area contributed by atoms with E-state index in [0.717, 1.165) is 11.3 Å². The second-order valence-electron chi connectivity index (χ2n) is 7.65. The van der Waals surface area contributed by atoms with Gasteiger partial charge in [0, 0.05) is 10.7 Å². The van der Waals surface area contributed by atoms with Gasteiger partial charge in [0.25, 0.3) is 11.8 Å². The van der Waals surface area contributed by atoms with E-state index in [4.69, 9.17) is 21.1 Å². The van der Waals surface area contributed by atoms with Crippen molar-refractivity contribution in [2.75, 3.05) is 19.0 Å². The number of para-hydroxylation sites is 1. The molecule has 1 heterocycles. The lowest BCUT2D eigenvalue weighted by molar-refractivity contribution is -0.118. The van der Waals surface area contributed by atoms with Crippen molar-refractivity contribution < 1.29 is 19.1 Å². The highest BCUT2D eigenvalue weighted by molar-refractivity contribution is 9.10. The van der Waals surface area contributed by atoms with Crippen molar-refractivity contribution in [2.45, 2.75) is 6.92 Å². The van der Waals surface area contributed by atoms with Crippen LogP contribution in [0, 0.1) is 6.92 Å².